The molecule has 5 aromatic rings. The molecule has 2 N–H and O–H groups in total. The number of pyridine rings is 1. The third kappa shape index (κ3) is 6.97. The summed E-state index contributed by atoms with van der Waals surface area (Å²) in [5.74, 6) is -0.827. The Hall–Kier alpha value is -5.83. The Morgan fingerprint density at radius 1 is 1.06 bits per heavy atom. The average molecular weight is 691 g/mol. The lowest BCUT2D eigenvalue weighted by Gasteiger charge is -2.18. The second kappa shape index (κ2) is 13.5. The summed E-state index contributed by atoms with van der Waals surface area (Å²) in [7, 11) is 0. The maximum Gasteiger partial charge on any atom is 0.331 e. The Bertz CT molecular complexity index is 2140. The fourth-order valence-electron chi connectivity index (χ4n) is 6.29. The number of amides is 4. The van der Waals surface area contributed by atoms with Crippen LogP contribution in [-0.4, -0.2) is 71.8 Å². The average Bonchev–Trinajstić information content (AvgIpc) is 4.06. The highest BCUT2D eigenvalue weighted by molar-refractivity contribution is 6.13. The lowest BCUT2D eigenvalue weighted by molar-refractivity contribution is -0.125. The maximum atomic E-state index is 14.8. The SMILES string of the molecule is Cc1ccnc(C2CC2C(=O)Nc2ncc(F)c(NCc3cn4cc(C5CC5)cc(N5CC(=O)N(CCOCc6ccccc6)C5=O)c4n3)n2)n1. The van der Waals surface area contributed by atoms with Crippen molar-refractivity contribution < 1.29 is 23.5 Å². The number of fused-ring (bicyclic) bond motifs is 1. The van der Waals surface area contributed by atoms with Gasteiger partial charge in [-0.2, -0.15) is 4.98 Å². The van der Waals surface area contributed by atoms with Gasteiger partial charge in [0.25, 0.3) is 5.91 Å². The maximum absolute atomic E-state index is 14.8. The summed E-state index contributed by atoms with van der Waals surface area (Å²) >= 11 is 0. The van der Waals surface area contributed by atoms with E-state index in [1.807, 2.05) is 53.9 Å². The van der Waals surface area contributed by atoms with Gasteiger partial charge < -0.3 is 14.5 Å². The third-order valence-corrected chi connectivity index (χ3v) is 9.26. The fourth-order valence-corrected chi connectivity index (χ4v) is 6.29. The largest absolute Gasteiger partial charge is 0.375 e. The van der Waals surface area contributed by atoms with Crippen molar-refractivity contribution in [1.29, 1.82) is 0 Å². The van der Waals surface area contributed by atoms with E-state index in [4.69, 9.17) is 9.72 Å². The first-order chi connectivity index (χ1) is 24.8. The number of nitrogens with one attached hydrogen (secondary N) is 2. The van der Waals surface area contributed by atoms with Crippen molar-refractivity contribution in [3.05, 3.63) is 101 Å². The van der Waals surface area contributed by atoms with Crippen molar-refractivity contribution in [1.82, 2.24) is 34.2 Å². The molecule has 2 aliphatic carbocycles. The second-order valence-electron chi connectivity index (χ2n) is 13.1. The number of carbonyl (C=O) groups is 3. The zero-order valence-corrected chi connectivity index (χ0v) is 27.8. The summed E-state index contributed by atoms with van der Waals surface area (Å²) in [6, 6.07) is 13.0. The number of hydrogen-bond donors (Lipinski definition) is 2. The Kier molecular flexibility index (Phi) is 8.55. The standard InChI is InChI=1S/C36H35FN10O4/c1-21-9-10-38-31(41-21)26-14-27(26)34(49)44-35-40-16-28(37)32(43-35)39-15-25-18-45-17-24(23-7-8-23)13-29(33(45)42-25)47-19-30(48)46(36(47)50)11-12-51-20-22-5-3-2-4-6-22/h2-6,9-10,13,16-18,23,26-27H,7-8,11-12,14-15,19-20H2,1H3,(H2,39,40,43,44,49). The van der Waals surface area contributed by atoms with Crippen LogP contribution in [0.5, 0.6) is 0 Å². The van der Waals surface area contributed by atoms with Gasteiger partial charge in [-0.25, -0.2) is 29.1 Å². The molecular weight excluding hydrogens is 655 g/mol. The van der Waals surface area contributed by atoms with E-state index in [0.717, 1.165) is 35.9 Å². The number of imide groups is 1. The number of carbonyl (C=O) groups excluding carboxylic acids is 3. The number of rotatable bonds is 13. The lowest BCUT2D eigenvalue weighted by Crippen LogP contribution is -2.35. The Morgan fingerprint density at radius 3 is 2.71 bits per heavy atom. The number of benzene rings is 1. The molecule has 1 aromatic carbocycles. The van der Waals surface area contributed by atoms with Gasteiger partial charge in [0.1, 0.15) is 12.4 Å². The van der Waals surface area contributed by atoms with Crippen LogP contribution in [0.3, 0.4) is 0 Å². The highest BCUT2D eigenvalue weighted by atomic mass is 19.1. The van der Waals surface area contributed by atoms with Gasteiger partial charge in [-0.05, 0) is 55.4 Å². The van der Waals surface area contributed by atoms with Crippen molar-refractivity contribution in [2.24, 2.45) is 5.92 Å². The highest BCUT2D eigenvalue weighted by Crippen LogP contribution is 2.46. The number of urea groups is 1. The minimum atomic E-state index is -0.694. The van der Waals surface area contributed by atoms with Crippen LogP contribution in [0.2, 0.25) is 0 Å². The van der Waals surface area contributed by atoms with Crippen molar-refractivity contribution in [3.63, 3.8) is 0 Å². The van der Waals surface area contributed by atoms with Crippen LogP contribution in [0.4, 0.5) is 26.6 Å². The molecule has 1 saturated heterocycles. The van der Waals surface area contributed by atoms with Gasteiger partial charge in [-0.15, -0.1) is 0 Å². The van der Waals surface area contributed by atoms with Crippen molar-refractivity contribution in [2.45, 2.75) is 51.2 Å². The zero-order chi connectivity index (χ0) is 35.1. The van der Waals surface area contributed by atoms with Gasteiger partial charge in [-0.1, -0.05) is 30.3 Å². The van der Waals surface area contributed by atoms with E-state index in [0.29, 0.717) is 41.8 Å². The summed E-state index contributed by atoms with van der Waals surface area (Å²) < 4.78 is 22.4. The second-order valence-corrected chi connectivity index (χ2v) is 13.1. The van der Waals surface area contributed by atoms with E-state index in [-0.39, 0.29) is 61.7 Å². The number of anilines is 3. The minimum Gasteiger partial charge on any atom is -0.375 e. The van der Waals surface area contributed by atoms with E-state index in [1.165, 1.54) is 9.80 Å². The molecule has 0 spiro atoms. The van der Waals surface area contributed by atoms with Gasteiger partial charge in [0.2, 0.25) is 11.9 Å². The van der Waals surface area contributed by atoms with Crippen molar-refractivity contribution in [2.75, 3.05) is 35.2 Å². The number of aromatic nitrogens is 6. The summed E-state index contributed by atoms with van der Waals surface area (Å²) in [5.41, 5.74) is 4.46. The molecule has 1 aliphatic heterocycles. The molecule has 260 valence electrons. The molecule has 3 aliphatic rings. The number of nitrogens with zero attached hydrogens (tertiary/aromatic N) is 8. The van der Waals surface area contributed by atoms with Crippen molar-refractivity contribution >= 4 is 40.9 Å². The Balaban J connectivity index is 0.942. The molecule has 4 aromatic heterocycles. The molecule has 2 unspecified atom stereocenters. The predicted molar refractivity (Wildman–Crippen MR) is 183 cm³/mol. The summed E-state index contributed by atoms with van der Waals surface area (Å²) in [6.45, 7) is 2.59. The van der Waals surface area contributed by atoms with Crippen LogP contribution in [0, 0.1) is 18.7 Å². The van der Waals surface area contributed by atoms with E-state index < -0.39 is 11.8 Å². The molecule has 2 saturated carbocycles. The van der Waals surface area contributed by atoms with Crippen LogP contribution < -0.4 is 15.5 Å². The van der Waals surface area contributed by atoms with Crippen LogP contribution in [0.25, 0.3) is 5.65 Å². The summed E-state index contributed by atoms with van der Waals surface area (Å²) in [5, 5.41) is 5.64. The summed E-state index contributed by atoms with van der Waals surface area (Å²) in [4.78, 5) is 63.8. The van der Waals surface area contributed by atoms with Gasteiger partial charge in [0.15, 0.2) is 17.3 Å². The molecule has 4 amide bonds. The van der Waals surface area contributed by atoms with E-state index in [1.54, 1.807) is 18.5 Å². The first kappa shape index (κ1) is 32.4. The Labute approximate surface area is 292 Å². The molecule has 2 atom stereocenters. The van der Waals surface area contributed by atoms with Crippen LogP contribution >= 0.6 is 0 Å². The monoisotopic (exact) mass is 690 g/mol. The highest BCUT2D eigenvalue weighted by Gasteiger charge is 2.46. The van der Waals surface area contributed by atoms with E-state index in [9.17, 15) is 18.8 Å². The van der Waals surface area contributed by atoms with E-state index >= 15 is 0 Å². The topological polar surface area (TPSA) is 160 Å². The molecule has 8 rings (SSSR count). The summed E-state index contributed by atoms with van der Waals surface area (Å²) in [6.07, 6.45) is 9.15. The van der Waals surface area contributed by atoms with Gasteiger partial charge in [0.05, 0.1) is 43.9 Å². The number of halogens is 1. The van der Waals surface area contributed by atoms with Gasteiger partial charge in [0, 0.05) is 36.1 Å². The molecule has 51 heavy (non-hydrogen) atoms. The molecule has 0 bridgehead atoms. The third-order valence-electron chi connectivity index (χ3n) is 9.26. The molecule has 15 heteroatoms. The van der Waals surface area contributed by atoms with Crippen LogP contribution in [-0.2, 0) is 27.5 Å². The fraction of sp³-hybridized carbons (Fsp3) is 0.333. The molecule has 0 radical (unpaired) electrons. The first-order valence-electron chi connectivity index (χ1n) is 16.9. The Morgan fingerprint density at radius 2 is 1.90 bits per heavy atom. The first-order valence-corrected chi connectivity index (χ1v) is 16.9. The van der Waals surface area contributed by atoms with Gasteiger partial charge >= 0.3 is 6.03 Å². The number of ether oxygens (including phenoxy) is 1. The minimum absolute atomic E-state index is 0.0293. The number of aryl methyl sites for hydroxylation is 1. The quantitative estimate of drug-likeness (QED) is 0.132. The number of hydrogen-bond acceptors (Lipinski definition) is 10. The smallest absolute Gasteiger partial charge is 0.331 e. The molecule has 14 nitrogen and oxygen atoms in total. The lowest BCUT2D eigenvalue weighted by atomic mass is 10.1. The zero-order valence-electron chi connectivity index (χ0n) is 27.8. The molecule has 5 heterocycles. The molecule has 3 fully saturated rings. The predicted octanol–water partition coefficient (Wildman–Crippen LogP) is 4.58. The van der Waals surface area contributed by atoms with Crippen LogP contribution in [0.1, 0.15) is 59.4 Å². The number of imidazole rings is 1. The normalized spacial score (nSPS) is 18.5. The van der Waals surface area contributed by atoms with Crippen LogP contribution in [0.15, 0.2) is 67.3 Å². The van der Waals surface area contributed by atoms with Gasteiger partial charge in [-0.3, -0.25) is 24.7 Å². The van der Waals surface area contributed by atoms with E-state index in [2.05, 4.69) is 30.6 Å². The van der Waals surface area contributed by atoms with Crippen molar-refractivity contribution in [3.8, 4) is 0 Å². The molecular formula is C36H35FN10O4.